The highest BCUT2D eigenvalue weighted by molar-refractivity contribution is 8.13. The van der Waals surface area contributed by atoms with Crippen molar-refractivity contribution in [2.24, 2.45) is 0 Å². The molecule has 0 radical (unpaired) electrons. The quantitative estimate of drug-likeness (QED) is 0.736. The van der Waals surface area contributed by atoms with Crippen LogP contribution in [-0.2, 0) is 4.79 Å². The third kappa shape index (κ3) is 3.27. The van der Waals surface area contributed by atoms with Crippen LogP contribution in [0.25, 0.3) is 0 Å². The van der Waals surface area contributed by atoms with Crippen molar-refractivity contribution in [3.05, 3.63) is 29.8 Å². The topological polar surface area (TPSA) is 17.1 Å². The molecule has 0 bridgehead atoms. The van der Waals surface area contributed by atoms with Crippen molar-refractivity contribution in [2.75, 3.05) is 0 Å². The van der Waals surface area contributed by atoms with Crippen LogP contribution in [0.5, 0.6) is 0 Å². The van der Waals surface area contributed by atoms with E-state index >= 15 is 0 Å². The van der Waals surface area contributed by atoms with Crippen molar-refractivity contribution in [2.45, 2.75) is 30.8 Å². The minimum Gasteiger partial charge on any atom is -0.276 e. The van der Waals surface area contributed by atoms with Crippen LogP contribution in [0.4, 0.5) is 13.2 Å². The lowest BCUT2D eigenvalue weighted by atomic mass is 10.0. The number of rotatable bonds is 2. The van der Waals surface area contributed by atoms with Gasteiger partial charge >= 0.3 is 6.18 Å². The third-order valence-corrected chi connectivity index (χ3v) is 2.98. The zero-order valence-corrected chi connectivity index (χ0v) is 9.65. The van der Waals surface area contributed by atoms with Gasteiger partial charge in [0, 0.05) is 4.90 Å². The fourth-order valence-electron chi connectivity index (χ4n) is 1.21. The van der Waals surface area contributed by atoms with E-state index in [1.54, 1.807) is 18.2 Å². The molecule has 0 saturated carbocycles. The van der Waals surface area contributed by atoms with Crippen molar-refractivity contribution in [3.8, 4) is 0 Å². The number of thioether (sulfide) groups is 1. The van der Waals surface area contributed by atoms with E-state index < -0.39 is 11.3 Å². The second-order valence-electron chi connectivity index (χ2n) is 3.58. The monoisotopic (exact) mass is 248 g/mol. The lowest BCUT2D eigenvalue weighted by Gasteiger charge is -2.11. The molecule has 1 nitrogen and oxygen atoms in total. The van der Waals surface area contributed by atoms with Crippen molar-refractivity contribution < 1.29 is 18.0 Å². The Morgan fingerprint density at radius 3 is 2.31 bits per heavy atom. The molecule has 5 heteroatoms. The Bertz CT molecular complexity index is 385. The number of hydrogen-bond acceptors (Lipinski definition) is 2. The molecule has 0 aliphatic carbocycles. The molecule has 0 heterocycles. The summed E-state index contributed by atoms with van der Waals surface area (Å²) in [6.45, 7) is 3.74. The van der Waals surface area contributed by atoms with Gasteiger partial charge in [-0.2, -0.15) is 13.2 Å². The summed E-state index contributed by atoms with van der Waals surface area (Å²) in [6, 6.07) is 6.63. The predicted molar refractivity (Wildman–Crippen MR) is 57.5 cm³/mol. The Balaban J connectivity index is 2.94. The van der Waals surface area contributed by atoms with E-state index in [0.29, 0.717) is 4.90 Å². The number of carbonyl (C=O) groups excluding carboxylic acids is 1. The summed E-state index contributed by atoms with van der Waals surface area (Å²) in [5, 5.41) is -1.78. The Labute approximate surface area is 96.0 Å². The Kier molecular flexibility index (Phi) is 4.02. The lowest BCUT2D eigenvalue weighted by Crippen LogP contribution is -2.19. The summed E-state index contributed by atoms with van der Waals surface area (Å²) in [5.74, 6) is 0.0877. The number of hydrogen-bond donors (Lipinski definition) is 0. The first kappa shape index (κ1) is 13.1. The first-order valence-corrected chi connectivity index (χ1v) is 5.52. The third-order valence-electron chi connectivity index (χ3n) is 1.98. The zero-order valence-electron chi connectivity index (χ0n) is 8.84. The molecule has 0 atom stereocenters. The molecule has 0 N–H and O–H groups in total. The molecule has 16 heavy (non-hydrogen) atoms. The molecular formula is C11H11F3OS. The van der Waals surface area contributed by atoms with Gasteiger partial charge in [0.1, 0.15) is 0 Å². The van der Waals surface area contributed by atoms with Crippen LogP contribution in [0.2, 0.25) is 0 Å². The van der Waals surface area contributed by atoms with Gasteiger partial charge in [-0.1, -0.05) is 32.0 Å². The maximum Gasteiger partial charge on any atom is 0.461 e. The fourth-order valence-corrected chi connectivity index (χ4v) is 2.09. The average molecular weight is 248 g/mol. The molecule has 1 aromatic rings. The number of benzene rings is 1. The molecule has 0 amide bonds. The van der Waals surface area contributed by atoms with E-state index in [4.69, 9.17) is 0 Å². The Morgan fingerprint density at radius 1 is 1.25 bits per heavy atom. The molecular weight excluding hydrogens is 237 g/mol. The van der Waals surface area contributed by atoms with E-state index in [2.05, 4.69) is 0 Å². The molecule has 1 rings (SSSR count). The summed E-state index contributed by atoms with van der Waals surface area (Å²) >= 11 is 0.242. The lowest BCUT2D eigenvalue weighted by molar-refractivity contribution is -0.160. The van der Waals surface area contributed by atoms with Crippen LogP contribution < -0.4 is 0 Å². The van der Waals surface area contributed by atoms with Gasteiger partial charge in [-0.25, -0.2) is 0 Å². The van der Waals surface area contributed by atoms with E-state index in [-0.39, 0.29) is 17.7 Å². The Hall–Kier alpha value is -0.970. The molecule has 0 unspecified atom stereocenters. The van der Waals surface area contributed by atoms with Gasteiger partial charge in [-0.15, -0.1) is 0 Å². The zero-order chi connectivity index (χ0) is 12.3. The van der Waals surface area contributed by atoms with E-state index in [9.17, 15) is 18.0 Å². The standard InChI is InChI=1S/C11H11F3OS/c1-7(2)8-5-3-4-6-9(8)16-10(15)11(12,13)14/h3-7H,1-2H3. The first-order chi connectivity index (χ1) is 7.32. The normalized spacial score (nSPS) is 11.9. The molecule has 0 fully saturated rings. The second kappa shape index (κ2) is 4.91. The highest BCUT2D eigenvalue weighted by Crippen LogP contribution is 2.33. The van der Waals surface area contributed by atoms with E-state index in [1.807, 2.05) is 13.8 Å². The van der Waals surface area contributed by atoms with Crippen molar-refractivity contribution >= 4 is 16.9 Å². The predicted octanol–water partition coefficient (Wildman–Crippen LogP) is 3.99. The van der Waals surface area contributed by atoms with Crippen LogP contribution in [0, 0.1) is 0 Å². The highest BCUT2D eigenvalue weighted by Gasteiger charge is 2.39. The fraction of sp³-hybridized carbons (Fsp3) is 0.364. The van der Waals surface area contributed by atoms with Crippen LogP contribution in [0.1, 0.15) is 25.3 Å². The van der Waals surface area contributed by atoms with Gasteiger partial charge in [-0.3, -0.25) is 4.79 Å². The molecule has 0 spiro atoms. The van der Waals surface area contributed by atoms with Gasteiger partial charge in [-0.05, 0) is 29.3 Å². The summed E-state index contributed by atoms with van der Waals surface area (Å²) in [5.41, 5.74) is 0.755. The summed E-state index contributed by atoms with van der Waals surface area (Å²) < 4.78 is 36.3. The Morgan fingerprint density at radius 2 is 1.81 bits per heavy atom. The van der Waals surface area contributed by atoms with Gasteiger partial charge in [0.05, 0.1) is 0 Å². The summed E-state index contributed by atoms with van der Waals surface area (Å²) in [7, 11) is 0. The maximum atomic E-state index is 12.1. The van der Waals surface area contributed by atoms with Gasteiger partial charge < -0.3 is 0 Å². The molecule has 0 aliphatic rings. The van der Waals surface area contributed by atoms with Gasteiger partial charge in [0.15, 0.2) is 0 Å². The first-order valence-electron chi connectivity index (χ1n) is 4.70. The maximum absolute atomic E-state index is 12.1. The number of carbonyl (C=O) groups is 1. The molecule has 88 valence electrons. The smallest absolute Gasteiger partial charge is 0.276 e. The molecule has 0 aromatic heterocycles. The van der Waals surface area contributed by atoms with Crippen molar-refractivity contribution in [3.63, 3.8) is 0 Å². The molecule has 0 saturated heterocycles. The van der Waals surface area contributed by atoms with Crippen LogP contribution in [0.3, 0.4) is 0 Å². The molecule has 1 aromatic carbocycles. The van der Waals surface area contributed by atoms with Crippen molar-refractivity contribution in [1.82, 2.24) is 0 Å². The number of alkyl halides is 3. The second-order valence-corrected chi connectivity index (χ2v) is 4.59. The average Bonchev–Trinajstić information content (AvgIpc) is 2.16. The summed E-state index contributed by atoms with van der Waals surface area (Å²) in [4.78, 5) is 11.2. The van der Waals surface area contributed by atoms with E-state index in [1.165, 1.54) is 6.07 Å². The van der Waals surface area contributed by atoms with Crippen LogP contribution >= 0.6 is 11.8 Å². The van der Waals surface area contributed by atoms with Crippen molar-refractivity contribution in [1.29, 1.82) is 0 Å². The molecule has 0 aliphatic heterocycles. The summed E-state index contributed by atoms with van der Waals surface area (Å²) in [6.07, 6.45) is -4.78. The highest BCUT2D eigenvalue weighted by atomic mass is 32.2. The minimum absolute atomic E-state index is 0.0877. The van der Waals surface area contributed by atoms with Crippen LogP contribution in [0.15, 0.2) is 29.2 Å². The minimum atomic E-state index is -4.78. The SMILES string of the molecule is CC(C)c1ccccc1SC(=O)C(F)(F)F. The van der Waals surface area contributed by atoms with Gasteiger partial charge in [0.25, 0.3) is 5.12 Å². The number of halogens is 3. The van der Waals surface area contributed by atoms with Gasteiger partial charge in [0.2, 0.25) is 0 Å². The van der Waals surface area contributed by atoms with Crippen LogP contribution in [-0.4, -0.2) is 11.3 Å². The van der Waals surface area contributed by atoms with E-state index in [0.717, 1.165) is 5.56 Å². The largest absolute Gasteiger partial charge is 0.461 e.